The minimum absolute atomic E-state index is 0.0467. The zero-order valence-electron chi connectivity index (χ0n) is 15.0. The maximum absolute atomic E-state index is 12.4. The lowest BCUT2D eigenvalue weighted by Gasteiger charge is -2.05. The molecular weight excluding hydrogens is 630 g/mol. The lowest BCUT2D eigenvalue weighted by molar-refractivity contribution is 0.0559. The Bertz CT molecular complexity index is 1350. The largest absolute Gasteiger partial charge is 0.463 e. The van der Waals surface area contributed by atoms with Crippen LogP contribution in [0.25, 0.3) is 33.5 Å². The number of carbonyl (C=O) groups excluding carboxylic acids is 2. The van der Waals surface area contributed by atoms with E-state index in [9.17, 15) is 19.2 Å². The van der Waals surface area contributed by atoms with Gasteiger partial charge in [0.2, 0.25) is 22.7 Å². The first-order valence-electron chi connectivity index (χ1n) is 7.96. The van der Waals surface area contributed by atoms with Gasteiger partial charge in [0, 0.05) is 22.9 Å². The van der Waals surface area contributed by atoms with E-state index in [0.29, 0.717) is 7.14 Å². The van der Waals surface area contributed by atoms with E-state index < -0.39 is 23.2 Å². The predicted octanol–water partition coefficient (Wildman–Crippen LogP) is 3.53. The van der Waals surface area contributed by atoms with Crippen LogP contribution >= 0.6 is 45.2 Å². The molecule has 0 saturated carbocycles. The molecule has 0 radical (unpaired) electrons. The van der Waals surface area contributed by atoms with Gasteiger partial charge in [-0.05, 0) is 45.2 Å². The molecule has 0 aliphatic rings. The van der Waals surface area contributed by atoms with Crippen LogP contribution < -0.4 is 11.3 Å². The molecule has 4 heterocycles. The monoisotopic (exact) mass is 638 g/mol. The molecule has 4 rings (SSSR count). The fraction of sp³-hybridized carbons (Fsp3) is 0.111. The van der Waals surface area contributed by atoms with Crippen LogP contribution in [0.2, 0.25) is 0 Å². The number of hydrogen-bond donors (Lipinski definition) is 0. The van der Waals surface area contributed by atoms with Crippen molar-refractivity contribution < 1.29 is 36.7 Å². The van der Waals surface area contributed by atoms with Crippen LogP contribution in [-0.2, 0) is 9.47 Å². The highest BCUT2D eigenvalue weighted by molar-refractivity contribution is 14.1. The van der Waals surface area contributed by atoms with Crippen LogP contribution in [0.15, 0.2) is 39.4 Å². The van der Waals surface area contributed by atoms with Gasteiger partial charge in [0.15, 0.2) is 11.5 Å². The van der Waals surface area contributed by atoms with Crippen molar-refractivity contribution in [2.45, 2.75) is 0 Å². The van der Waals surface area contributed by atoms with Gasteiger partial charge in [-0.3, -0.25) is 0 Å². The number of halogens is 2. The number of methoxy groups -OCH3 is 2. The first kappa shape index (κ1) is 20.6. The third kappa shape index (κ3) is 3.13. The van der Waals surface area contributed by atoms with E-state index in [1.807, 2.05) is 45.2 Å². The van der Waals surface area contributed by atoms with Crippen molar-refractivity contribution in [2.75, 3.05) is 14.2 Å². The summed E-state index contributed by atoms with van der Waals surface area (Å²) in [5, 5.41) is 0.562. The molecule has 0 atom stereocenters. The quantitative estimate of drug-likeness (QED) is 0.242. The summed E-state index contributed by atoms with van der Waals surface area (Å²) in [5.41, 5.74) is -2.12. The summed E-state index contributed by atoms with van der Waals surface area (Å²) in [5.74, 6) is -1.99. The van der Waals surface area contributed by atoms with Crippen molar-refractivity contribution >= 4 is 79.1 Å². The zero-order chi connectivity index (χ0) is 21.7. The highest BCUT2D eigenvalue weighted by Gasteiger charge is 2.27. The van der Waals surface area contributed by atoms with Crippen LogP contribution in [0.4, 0.5) is 0 Å². The SMILES string of the molecule is COC(=O)c1cc2c(I)c(-c3oc(=O)c4oc(C(=O)OC)cc4c3I)oc(=O)c2o1. The van der Waals surface area contributed by atoms with E-state index in [2.05, 4.69) is 9.47 Å². The second-order valence-corrected chi connectivity index (χ2v) is 7.91. The van der Waals surface area contributed by atoms with E-state index in [-0.39, 0.29) is 45.0 Å². The molecule has 0 fully saturated rings. The van der Waals surface area contributed by atoms with Gasteiger partial charge in [0.05, 0.1) is 21.4 Å². The van der Waals surface area contributed by atoms with Gasteiger partial charge in [-0.1, -0.05) is 0 Å². The molecule has 0 bridgehead atoms. The molecule has 0 spiro atoms. The molecule has 154 valence electrons. The third-order valence-electron chi connectivity index (χ3n) is 4.08. The summed E-state index contributed by atoms with van der Waals surface area (Å²) in [4.78, 5) is 48.3. The summed E-state index contributed by atoms with van der Waals surface area (Å²) in [6, 6.07) is 2.67. The summed E-state index contributed by atoms with van der Waals surface area (Å²) in [6.07, 6.45) is 0. The van der Waals surface area contributed by atoms with Crippen LogP contribution in [0.5, 0.6) is 0 Å². The van der Waals surface area contributed by atoms with Crippen molar-refractivity contribution in [3.05, 3.63) is 51.6 Å². The average Bonchev–Trinajstić information content (AvgIpc) is 3.38. The van der Waals surface area contributed by atoms with Gasteiger partial charge >= 0.3 is 23.2 Å². The Labute approximate surface area is 192 Å². The zero-order valence-corrected chi connectivity index (χ0v) is 19.3. The minimum atomic E-state index is -0.878. The third-order valence-corrected chi connectivity index (χ3v) is 6.22. The molecule has 0 amide bonds. The summed E-state index contributed by atoms with van der Waals surface area (Å²) >= 11 is 3.75. The molecule has 0 N–H and O–H groups in total. The Morgan fingerprint density at radius 1 is 0.733 bits per heavy atom. The second-order valence-electron chi connectivity index (χ2n) is 5.76. The molecule has 0 aromatic carbocycles. The van der Waals surface area contributed by atoms with E-state index in [1.165, 1.54) is 26.4 Å². The van der Waals surface area contributed by atoms with Gasteiger partial charge < -0.3 is 27.1 Å². The lowest BCUT2D eigenvalue weighted by atomic mass is 10.2. The number of ether oxygens (including phenoxy) is 2. The number of rotatable bonds is 3. The van der Waals surface area contributed by atoms with Crippen LogP contribution in [0, 0.1) is 7.14 Å². The number of fused-ring (bicyclic) bond motifs is 2. The normalized spacial score (nSPS) is 11.2. The number of carbonyl (C=O) groups is 2. The van der Waals surface area contributed by atoms with Gasteiger partial charge in [0.1, 0.15) is 0 Å². The standard InChI is InChI=1S/C18H8I2O10/c1-25-15(21)7-3-5-9(19)13(29-17(23)11(5)27-7)14-10(20)6-4-8(16(22)26-2)28-12(6)18(24)30-14/h3-4H,1-2H3. The predicted molar refractivity (Wildman–Crippen MR) is 117 cm³/mol. The molecule has 4 aromatic heterocycles. The maximum atomic E-state index is 12.4. The number of furan rings is 2. The van der Waals surface area contributed by atoms with Gasteiger partial charge in [0.25, 0.3) is 0 Å². The van der Waals surface area contributed by atoms with E-state index in [4.69, 9.17) is 17.7 Å². The van der Waals surface area contributed by atoms with E-state index >= 15 is 0 Å². The summed E-state index contributed by atoms with van der Waals surface area (Å²) in [6.45, 7) is 0. The van der Waals surface area contributed by atoms with Crippen molar-refractivity contribution in [1.29, 1.82) is 0 Å². The maximum Gasteiger partial charge on any atom is 0.380 e. The topological polar surface area (TPSA) is 139 Å². The Morgan fingerprint density at radius 3 is 1.43 bits per heavy atom. The molecule has 0 unspecified atom stereocenters. The van der Waals surface area contributed by atoms with Gasteiger partial charge in [-0.15, -0.1) is 0 Å². The van der Waals surface area contributed by atoms with Crippen molar-refractivity contribution in [1.82, 2.24) is 0 Å². The second kappa shape index (κ2) is 7.57. The Balaban J connectivity index is 2.00. The van der Waals surface area contributed by atoms with Crippen molar-refractivity contribution in [3.63, 3.8) is 0 Å². The van der Waals surface area contributed by atoms with Crippen LogP contribution in [0.3, 0.4) is 0 Å². The van der Waals surface area contributed by atoms with Crippen molar-refractivity contribution in [2.24, 2.45) is 0 Å². The first-order valence-corrected chi connectivity index (χ1v) is 10.1. The van der Waals surface area contributed by atoms with Crippen LogP contribution in [0.1, 0.15) is 21.1 Å². The van der Waals surface area contributed by atoms with Crippen LogP contribution in [-0.4, -0.2) is 26.2 Å². The summed E-state index contributed by atoms with van der Waals surface area (Å²) in [7, 11) is 2.35. The molecule has 4 aromatic rings. The molecule has 30 heavy (non-hydrogen) atoms. The molecule has 0 aliphatic carbocycles. The highest BCUT2D eigenvalue weighted by atomic mass is 127. The Morgan fingerprint density at radius 2 is 1.10 bits per heavy atom. The first-order chi connectivity index (χ1) is 14.3. The highest BCUT2D eigenvalue weighted by Crippen LogP contribution is 2.36. The summed E-state index contributed by atoms with van der Waals surface area (Å²) < 4.78 is 31.1. The van der Waals surface area contributed by atoms with Crippen molar-refractivity contribution in [3.8, 4) is 11.5 Å². The van der Waals surface area contributed by atoms with Gasteiger partial charge in [-0.2, -0.15) is 0 Å². The fourth-order valence-corrected chi connectivity index (χ4v) is 4.23. The van der Waals surface area contributed by atoms with E-state index in [1.54, 1.807) is 0 Å². The molecule has 0 saturated heterocycles. The fourth-order valence-electron chi connectivity index (χ4n) is 2.72. The molecule has 12 heteroatoms. The molecule has 0 aliphatic heterocycles. The average molecular weight is 638 g/mol. The molecular formula is C18H8I2O10. The number of esters is 2. The van der Waals surface area contributed by atoms with Gasteiger partial charge in [-0.25, -0.2) is 19.2 Å². The Hall–Kier alpha value is -2.62. The Kier molecular flexibility index (Phi) is 5.21. The van der Waals surface area contributed by atoms with E-state index in [0.717, 1.165) is 0 Å². The smallest absolute Gasteiger partial charge is 0.380 e. The lowest BCUT2D eigenvalue weighted by Crippen LogP contribution is -2.05. The number of hydrogen-bond acceptors (Lipinski definition) is 10. The minimum Gasteiger partial charge on any atom is -0.463 e. The molecule has 10 nitrogen and oxygen atoms in total.